The Morgan fingerprint density at radius 1 is 0.917 bits per heavy atom. The van der Waals surface area contributed by atoms with Crippen molar-refractivity contribution in [1.82, 2.24) is 15.1 Å². The molecule has 7 nitrogen and oxygen atoms in total. The first-order valence-corrected chi connectivity index (χ1v) is 11.6. The number of Topliss-reactive ketones (excluding diaryl/α,β-unsaturated/α-hetero) is 2. The molecule has 36 heavy (non-hydrogen) atoms. The fourth-order valence-electron chi connectivity index (χ4n) is 4.99. The average Bonchev–Trinajstić information content (AvgIpc) is 3.28. The topological polar surface area (TPSA) is 94.2 Å². The molecule has 1 aliphatic heterocycles. The number of allylic oxidation sites excluding steroid dienone is 4. The molecule has 0 radical (unpaired) electrons. The van der Waals surface area contributed by atoms with E-state index in [1.807, 2.05) is 56.3 Å². The van der Waals surface area contributed by atoms with Gasteiger partial charge in [-0.3, -0.25) is 9.59 Å². The highest BCUT2D eigenvalue weighted by molar-refractivity contribution is 6.04. The molecule has 4 aromatic rings. The second kappa shape index (κ2) is 8.92. The van der Waals surface area contributed by atoms with Crippen LogP contribution in [0.3, 0.4) is 0 Å². The molecular weight excluding hydrogens is 454 g/mol. The Bertz CT molecular complexity index is 1620. The fraction of sp³-hybridized carbons (Fsp3) is 0.172. The van der Waals surface area contributed by atoms with Crippen LogP contribution in [0.25, 0.3) is 27.9 Å². The number of rotatable bonds is 5. The number of aromatic nitrogens is 2. The molecule has 1 N–H and O–H groups in total. The van der Waals surface area contributed by atoms with Gasteiger partial charge in [0.15, 0.2) is 11.6 Å². The van der Waals surface area contributed by atoms with E-state index in [1.165, 1.54) is 13.8 Å². The number of benzene rings is 2. The first-order valence-electron chi connectivity index (χ1n) is 11.6. The number of nitrogens with zero attached hydrogens (tertiary/aromatic N) is 2. The van der Waals surface area contributed by atoms with Crippen molar-refractivity contribution in [2.24, 2.45) is 0 Å². The standard InChI is InChI=1S/C29H25N3O4/c1-16-25(18(3)33)27(26(19(4)34)17(2)30-16)23-15-32(21-11-6-5-7-12-21)31-28(23)22-14-20-10-8-9-13-24(20)36-29(22)35/h5-15,27,30H,1-4H3. The van der Waals surface area contributed by atoms with E-state index in [1.54, 1.807) is 29.1 Å². The minimum absolute atomic E-state index is 0.166. The molecule has 180 valence electrons. The van der Waals surface area contributed by atoms with Crippen molar-refractivity contribution in [3.05, 3.63) is 105 Å². The summed E-state index contributed by atoms with van der Waals surface area (Å²) in [5.41, 5.74) is 4.17. The average molecular weight is 480 g/mol. The molecule has 0 fully saturated rings. The van der Waals surface area contributed by atoms with Crippen molar-refractivity contribution in [2.75, 3.05) is 0 Å². The van der Waals surface area contributed by atoms with Crippen LogP contribution in [0.15, 0.2) is 98.6 Å². The maximum atomic E-state index is 13.2. The van der Waals surface area contributed by atoms with E-state index < -0.39 is 11.5 Å². The maximum absolute atomic E-state index is 13.2. The molecule has 0 bridgehead atoms. The normalized spacial score (nSPS) is 14.3. The van der Waals surface area contributed by atoms with Gasteiger partial charge < -0.3 is 9.73 Å². The summed E-state index contributed by atoms with van der Waals surface area (Å²) in [4.78, 5) is 39.0. The summed E-state index contributed by atoms with van der Waals surface area (Å²) in [6.07, 6.45) is 1.79. The van der Waals surface area contributed by atoms with E-state index in [2.05, 4.69) is 5.32 Å². The predicted molar refractivity (Wildman–Crippen MR) is 138 cm³/mol. The van der Waals surface area contributed by atoms with Crippen LogP contribution < -0.4 is 10.9 Å². The summed E-state index contributed by atoms with van der Waals surface area (Å²) in [5, 5.41) is 8.73. The Morgan fingerprint density at radius 2 is 1.53 bits per heavy atom. The molecule has 5 rings (SSSR count). The summed E-state index contributed by atoms with van der Waals surface area (Å²) >= 11 is 0. The van der Waals surface area contributed by atoms with Gasteiger partial charge in [-0.1, -0.05) is 36.4 Å². The number of ketones is 2. The van der Waals surface area contributed by atoms with Crippen LogP contribution in [0.4, 0.5) is 0 Å². The van der Waals surface area contributed by atoms with Crippen LogP contribution in [-0.2, 0) is 9.59 Å². The highest BCUT2D eigenvalue weighted by Crippen LogP contribution is 2.42. The van der Waals surface area contributed by atoms with Crippen LogP contribution >= 0.6 is 0 Å². The van der Waals surface area contributed by atoms with Gasteiger partial charge in [0, 0.05) is 45.6 Å². The van der Waals surface area contributed by atoms with Gasteiger partial charge in [-0.25, -0.2) is 9.48 Å². The second-order valence-electron chi connectivity index (χ2n) is 8.95. The van der Waals surface area contributed by atoms with Gasteiger partial charge in [0.25, 0.3) is 0 Å². The number of carbonyl (C=O) groups is 2. The number of carbonyl (C=O) groups excluding carboxylic acids is 2. The molecule has 0 spiro atoms. The summed E-state index contributed by atoms with van der Waals surface area (Å²) in [6, 6.07) is 18.5. The Kier molecular flexibility index (Phi) is 5.76. The monoisotopic (exact) mass is 479 g/mol. The minimum atomic E-state index is -0.695. The molecule has 0 amide bonds. The third kappa shape index (κ3) is 3.88. The van der Waals surface area contributed by atoms with E-state index in [0.717, 1.165) is 11.1 Å². The largest absolute Gasteiger partial charge is 0.422 e. The van der Waals surface area contributed by atoms with Crippen molar-refractivity contribution in [3.63, 3.8) is 0 Å². The molecule has 2 aromatic heterocycles. The van der Waals surface area contributed by atoms with Crippen molar-refractivity contribution in [2.45, 2.75) is 33.6 Å². The molecule has 0 saturated heterocycles. The number of dihydropyridines is 1. The van der Waals surface area contributed by atoms with Crippen molar-refractivity contribution >= 4 is 22.5 Å². The number of hydrogen-bond donors (Lipinski definition) is 1. The second-order valence-corrected chi connectivity index (χ2v) is 8.95. The van der Waals surface area contributed by atoms with Crippen LogP contribution in [0.5, 0.6) is 0 Å². The molecule has 7 heteroatoms. The van der Waals surface area contributed by atoms with Crippen molar-refractivity contribution < 1.29 is 14.0 Å². The molecule has 0 saturated carbocycles. The Labute approximate surface area is 207 Å². The SMILES string of the molecule is CC(=O)C1=C(C)NC(C)=C(C(C)=O)C1c1cn(-c2ccccc2)nc1-c1cc2ccccc2oc1=O. The van der Waals surface area contributed by atoms with Crippen molar-refractivity contribution in [3.8, 4) is 16.9 Å². The lowest BCUT2D eigenvalue weighted by Crippen LogP contribution is -2.30. The Balaban J connectivity index is 1.85. The van der Waals surface area contributed by atoms with Crippen molar-refractivity contribution in [1.29, 1.82) is 0 Å². The van der Waals surface area contributed by atoms with E-state index >= 15 is 0 Å². The summed E-state index contributed by atoms with van der Waals surface area (Å²) in [5.74, 6) is -1.03. The number of para-hydroxylation sites is 2. The first-order chi connectivity index (χ1) is 17.3. The zero-order chi connectivity index (χ0) is 25.6. The molecule has 2 aromatic carbocycles. The predicted octanol–water partition coefficient (Wildman–Crippen LogP) is 5.06. The first kappa shape index (κ1) is 23.2. The maximum Gasteiger partial charge on any atom is 0.345 e. The van der Waals surface area contributed by atoms with Gasteiger partial charge in [-0.2, -0.15) is 5.10 Å². The quantitative estimate of drug-likeness (QED) is 0.402. The number of nitrogens with one attached hydrogen (secondary N) is 1. The Morgan fingerprint density at radius 3 is 2.17 bits per heavy atom. The van der Waals surface area contributed by atoms with E-state index in [0.29, 0.717) is 39.4 Å². The van der Waals surface area contributed by atoms with Gasteiger partial charge in [0.1, 0.15) is 11.3 Å². The van der Waals surface area contributed by atoms with E-state index in [4.69, 9.17) is 9.52 Å². The lowest BCUT2D eigenvalue weighted by atomic mass is 9.77. The van der Waals surface area contributed by atoms with E-state index in [-0.39, 0.29) is 17.1 Å². The highest BCUT2D eigenvalue weighted by Gasteiger charge is 2.37. The van der Waals surface area contributed by atoms with Crippen LogP contribution in [0.2, 0.25) is 0 Å². The fourth-order valence-corrected chi connectivity index (χ4v) is 4.99. The third-order valence-electron chi connectivity index (χ3n) is 6.49. The summed E-state index contributed by atoms with van der Waals surface area (Å²) < 4.78 is 7.29. The zero-order valence-corrected chi connectivity index (χ0v) is 20.5. The molecule has 1 aliphatic rings. The summed E-state index contributed by atoms with van der Waals surface area (Å²) in [6.45, 7) is 6.60. The van der Waals surface area contributed by atoms with E-state index in [9.17, 15) is 14.4 Å². The van der Waals surface area contributed by atoms with Gasteiger partial charge >= 0.3 is 5.63 Å². The molecule has 0 aliphatic carbocycles. The molecule has 0 atom stereocenters. The van der Waals surface area contributed by atoms with Crippen LogP contribution in [0, 0.1) is 0 Å². The Hall–Kier alpha value is -4.52. The molecular formula is C29H25N3O4. The number of hydrogen-bond acceptors (Lipinski definition) is 6. The lowest BCUT2D eigenvalue weighted by Gasteiger charge is -2.30. The lowest BCUT2D eigenvalue weighted by molar-refractivity contribution is -0.114. The molecule has 3 heterocycles. The van der Waals surface area contributed by atoms with Gasteiger partial charge in [-0.05, 0) is 52.0 Å². The van der Waals surface area contributed by atoms with Gasteiger partial charge in [-0.15, -0.1) is 0 Å². The van der Waals surface area contributed by atoms with Crippen LogP contribution in [-0.4, -0.2) is 21.3 Å². The molecule has 0 unspecified atom stereocenters. The third-order valence-corrected chi connectivity index (χ3v) is 6.49. The van der Waals surface area contributed by atoms with Gasteiger partial charge in [0.05, 0.1) is 11.3 Å². The van der Waals surface area contributed by atoms with Gasteiger partial charge in [0.2, 0.25) is 0 Å². The smallest absolute Gasteiger partial charge is 0.345 e. The zero-order valence-electron chi connectivity index (χ0n) is 20.5. The minimum Gasteiger partial charge on any atom is -0.422 e. The highest BCUT2D eigenvalue weighted by atomic mass is 16.4. The number of fused-ring (bicyclic) bond motifs is 1. The summed E-state index contributed by atoms with van der Waals surface area (Å²) in [7, 11) is 0. The van der Waals surface area contributed by atoms with Crippen LogP contribution in [0.1, 0.15) is 39.2 Å².